The maximum Gasteiger partial charge on any atom is 0.257 e. The van der Waals surface area contributed by atoms with E-state index in [-0.39, 0.29) is 17.9 Å². The molecule has 0 N–H and O–H groups in total. The number of amides is 2. The number of hydrogen-bond acceptors (Lipinski definition) is 5. The molecule has 29 heavy (non-hydrogen) atoms. The lowest BCUT2D eigenvalue weighted by atomic mass is 10.00. The van der Waals surface area contributed by atoms with Crippen molar-refractivity contribution in [3.8, 4) is 0 Å². The van der Waals surface area contributed by atoms with Crippen LogP contribution in [0.3, 0.4) is 0 Å². The molecule has 4 rings (SSSR count). The van der Waals surface area contributed by atoms with E-state index in [1.54, 1.807) is 30.7 Å². The summed E-state index contributed by atoms with van der Waals surface area (Å²) in [6.45, 7) is 4.15. The summed E-state index contributed by atoms with van der Waals surface area (Å²) < 4.78 is 0. The number of likely N-dealkylation sites (tertiary alicyclic amines) is 2. The highest BCUT2D eigenvalue weighted by molar-refractivity contribution is 5.95. The Morgan fingerprint density at radius 2 is 1.69 bits per heavy atom. The van der Waals surface area contributed by atoms with Crippen molar-refractivity contribution in [3.05, 3.63) is 53.4 Å². The number of piperidine rings is 2. The van der Waals surface area contributed by atoms with Crippen LogP contribution in [0.1, 0.15) is 76.8 Å². The molecule has 0 aromatic carbocycles. The Morgan fingerprint density at radius 3 is 2.41 bits per heavy atom. The van der Waals surface area contributed by atoms with Gasteiger partial charge in [0.1, 0.15) is 0 Å². The molecule has 2 aliphatic rings. The minimum atomic E-state index is -0.165. The normalized spacial score (nSPS) is 19.8. The van der Waals surface area contributed by atoms with Crippen molar-refractivity contribution in [3.63, 3.8) is 0 Å². The molecule has 0 aliphatic carbocycles. The molecule has 2 saturated heterocycles. The number of rotatable bonds is 3. The molecule has 2 amide bonds. The van der Waals surface area contributed by atoms with Gasteiger partial charge in [-0.25, -0.2) is 9.97 Å². The second-order valence-corrected chi connectivity index (χ2v) is 7.83. The van der Waals surface area contributed by atoms with Crippen LogP contribution in [0.4, 0.5) is 0 Å². The second-order valence-electron chi connectivity index (χ2n) is 7.83. The van der Waals surface area contributed by atoms with E-state index >= 15 is 0 Å². The van der Waals surface area contributed by atoms with Crippen LogP contribution in [0, 0.1) is 6.92 Å². The van der Waals surface area contributed by atoms with Gasteiger partial charge in [0.2, 0.25) is 0 Å². The predicted octanol–water partition coefficient (Wildman–Crippen LogP) is 3.17. The lowest BCUT2D eigenvalue weighted by molar-refractivity contribution is 0.0597. The first-order valence-corrected chi connectivity index (χ1v) is 10.5. The molecule has 2 aromatic heterocycles. The van der Waals surface area contributed by atoms with Gasteiger partial charge in [0.15, 0.2) is 5.82 Å². The summed E-state index contributed by atoms with van der Waals surface area (Å²) in [4.78, 5) is 42.8. The van der Waals surface area contributed by atoms with E-state index in [1.807, 2.05) is 16.7 Å². The Labute approximate surface area is 171 Å². The Bertz CT molecular complexity index is 880. The molecule has 0 unspecified atom stereocenters. The first-order chi connectivity index (χ1) is 14.1. The average molecular weight is 393 g/mol. The van der Waals surface area contributed by atoms with Crippen LogP contribution < -0.4 is 0 Å². The fourth-order valence-corrected chi connectivity index (χ4v) is 4.23. The van der Waals surface area contributed by atoms with Crippen molar-refractivity contribution in [1.82, 2.24) is 24.8 Å². The van der Waals surface area contributed by atoms with Gasteiger partial charge in [0.05, 0.1) is 17.3 Å². The van der Waals surface area contributed by atoms with Gasteiger partial charge in [-0.3, -0.25) is 14.6 Å². The monoisotopic (exact) mass is 393 g/mol. The second kappa shape index (κ2) is 8.68. The summed E-state index contributed by atoms with van der Waals surface area (Å²) in [5, 5.41) is 0. The zero-order valence-electron chi connectivity index (χ0n) is 16.9. The van der Waals surface area contributed by atoms with Gasteiger partial charge in [-0.15, -0.1) is 0 Å². The molecule has 152 valence electrons. The smallest absolute Gasteiger partial charge is 0.257 e. The lowest BCUT2D eigenvalue weighted by Crippen LogP contribution is -2.39. The van der Waals surface area contributed by atoms with Crippen LogP contribution in [-0.2, 0) is 0 Å². The third kappa shape index (κ3) is 4.13. The topological polar surface area (TPSA) is 79.3 Å². The highest BCUT2D eigenvalue weighted by Gasteiger charge is 2.31. The van der Waals surface area contributed by atoms with Crippen LogP contribution in [0.25, 0.3) is 0 Å². The number of carbonyl (C=O) groups excluding carboxylic acids is 2. The fourth-order valence-electron chi connectivity index (χ4n) is 4.23. The van der Waals surface area contributed by atoms with Crippen LogP contribution in [0.5, 0.6) is 0 Å². The van der Waals surface area contributed by atoms with Gasteiger partial charge in [-0.05, 0) is 57.6 Å². The van der Waals surface area contributed by atoms with Crippen LogP contribution in [-0.4, -0.2) is 56.2 Å². The van der Waals surface area contributed by atoms with Crippen molar-refractivity contribution in [2.24, 2.45) is 0 Å². The average Bonchev–Trinajstić information content (AvgIpc) is 2.79. The van der Waals surface area contributed by atoms with Gasteiger partial charge in [-0.1, -0.05) is 0 Å². The van der Waals surface area contributed by atoms with Gasteiger partial charge < -0.3 is 9.80 Å². The lowest BCUT2D eigenvalue weighted by Gasteiger charge is -2.35. The molecule has 4 heterocycles. The number of aromatic nitrogens is 3. The van der Waals surface area contributed by atoms with Crippen LogP contribution >= 0.6 is 0 Å². The molecule has 0 spiro atoms. The Hall–Kier alpha value is -2.83. The molecule has 2 fully saturated rings. The van der Waals surface area contributed by atoms with E-state index in [1.165, 1.54) is 6.42 Å². The standard InChI is InChI=1S/C22H27N5O2/c1-16-18(22(29)26-12-4-2-5-13-26)15-24-20(25-16)19-7-3-6-14-27(19)21(28)17-8-10-23-11-9-17/h8-11,15,19H,2-7,12-14H2,1H3/t19-/m1/s1. The maximum atomic E-state index is 13.0. The predicted molar refractivity (Wildman–Crippen MR) is 108 cm³/mol. The first kappa shape index (κ1) is 19.5. The van der Waals surface area contributed by atoms with Crippen LogP contribution in [0.2, 0.25) is 0 Å². The van der Waals surface area contributed by atoms with E-state index in [9.17, 15) is 9.59 Å². The zero-order valence-corrected chi connectivity index (χ0v) is 16.9. The minimum absolute atomic E-state index is 0.0158. The summed E-state index contributed by atoms with van der Waals surface area (Å²) >= 11 is 0. The highest BCUT2D eigenvalue weighted by Crippen LogP contribution is 2.30. The number of aryl methyl sites for hydroxylation is 1. The van der Waals surface area contributed by atoms with Gasteiger partial charge in [-0.2, -0.15) is 0 Å². The Kier molecular flexibility index (Phi) is 5.83. The molecule has 0 radical (unpaired) electrons. The van der Waals surface area contributed by atoms with E-state index in [2.05, 4.69) is 15.0 Å². The summed E-state index contributed by atoms with van der Waals surface area (Å²) in [5.41, 5.74) is 1.88. The fraction of sp³-hybridized carbons (Fsp3) is 0.500. The van der Waals surface area contributed by atoms with Crippen molar-refractivity contribution in [2.45, 2.75) is 51.5 Å². The molecule has 1 atom stereocenters. The minimum Gasteiger partial charge on any atom is -0.339 e. The third-order valence-electron chi connectivity index (χ3n) is 5.86. The van der Waals surface area contributed by atoms with Crippen molar-refractivity contribution >= 4 is 11.8 Å². The van der Waals surface area contributed by atoms with E-state index < -0.39 is 0 Å². The molecular formula is C22H27N5O2. The maximum absolute atomic E-state index is 13.0. The van der Waals surface area contributed by atoms with E-state index in [0.29, 0.717) is 29.2 Å². The van der Waals surface area contributed by atoms with Crippen molar-refractivity contribution in [2.75, 3.05) is 19.6 Å². The van der Waals surface area contributed by atoms with Gasteiger partial charge in [0.25, 0.3) is 11.8 Å². The number of hydrogen-bond donors (Lipinski definition) is 0. The first-order valence-electron chi connectivity index (χ1n) is 10.5. The van der Waals surface area contributed by atoms with E-state index in [4.69, 9.17) is 0 Å². The third-order valence-corrected chi connectivity index (χ3v) is 5.86. The van der Waals surface area contributed by atoms with Gasteiger partial charge >= 0.3 is 0 Å². The molecule has 7 heteroatoms. The molecule has 7 nitrogen and oxygen atoms in total. The zero-order chi connectivity index (χ0) is 20.2. The number of nitrogens with zero attached hydrogens (tertiary/aromatic N) is 5. The summed E-state index contributed by atoms with van der Waals surface area (Å²) in [6.07, 6.45) is 11.0. The molecular weight excluding hydrogens is 366 g/mol. The van der Waals surface area contributed by atoms with Crippen molar-refractivity contribution < 1.29 is 9.59 Å². The molecule has 0 saturated carbocycles. The van der Waals surface area contributed by atoms with Gasteiger partial charge in [0, 0.05) is 43.8 Å². The Balaban J connectivity index is 1.57. The quantitative estimate of drug-likeness (QED) is 0.800. The largest absolute Gasteiger partial charge is 0.339 e. The van der Waals surface area contributed by atoms with E-state index in [0.717, 1.165) is 45.2 Å². The summed E-state index contributed by atoms with van der Waals surface area (Å²) in [5.74, 6) is 0.619. The molecule has 2 aromatic rings. The Morgan fingerprint density at radius 1 is 0.966 bits per heavy atom. The molecule has 0 bridgehead atoms. The molecule has 2 aliphatic heterocycles. The summed E-state index contributed by atoms with van der Waals surface area (Å²) in [7, 11) is 0. The highest BCUT2D eigenvalue weighted by atomic mass is 16.2. The number of carbonyl (C=O) groups is 2. The summed E-state index contributed by atoms with van der Waals surface area (Å²) in [6, 6.07) is 3.31. The van der Waals surface area contributed by atoms with Crippen molar-refractivity contribution in [1.29, 1.82) is 0 Å². The van der Waals surface area contributed by atoms with Crippen LogP contribution in [0.15, 0.2) is 30.7 Å². The SMILES string of the molecule is Cc1nc([C@H]2CCCCN2C(=O)c2ccncc2)ncc1C(=O)N1CCCCC1. The number of pyridine rings is 1.